The van der Waals surface area contributed by atoms with Gasteiger partial charge in [0.25, 0.3) is 0 Å². The first-order valence-corrected chi connectivity index (χ1v) is 6.28. The quantitative estimate of drug-likeness (QED) is 0.840. The average Bonchev–Trinajstić information content (AvgIpc) is 3.00. The molecule has 1 saturated carbocycles. The number of primary sulfonamides is 1. The average molecular weight is 238 g/mol. The number of rotatable bonds is 3. The number of nitriles is 1. The molecule has 5 nitrogen and oxygen atoms in total. The van der Waals surface area contributed by atoms with Crippen LogP contribution in [0.5, 0.6) is 5.75 Å². The highest BCUT2D eigenvalue weighted by Gasteiger charge is 2.24. The highest BCUT2D eigenvalue weighted by Crippen LogP contribution is 2.28. The fraction of sp³-hybridized carbons (Fsp3) is 0.300. The maximum atomic E-state index is 11.2. The minimum absolute atomic E-state index is 0.0952. The monoisotopic (exact) mass is 238 g/mol. The minimum Gasteiger partial charge on any atom is -0.490 e. The van der Waals surface area contributed by atoms with Gasteiger partial charge in [0.2, 0.25) is 10.0 Å². The van der Waals surface area contributed by atoms with Crippen LogP contribution in [0, 0.1) is 11.3 Å². The Kier molecular flexibility index (Phi) is 2.58. The van der Waals surface area contributed by atoms with Gasteiger partial charge in [-0.3, -0.25) is 0 Å². The standard InChI is InChI=1S/C10H10N2O3S/c11-6-7-3-9(15-8-1-2-8)5-10(4-7)16(12,13)14/h3-5,8H,1-2H2,(H2,12,13,14). The summed E-state index contributed by atoms with van der Waals surface area (Å²) < 4.78 is 27.8. The second-order valence-electron chi connectivity index (χ2n) is 3.67. The minimum atomic E-state index is -3.80. The molecule has 2 N–H and O–H groups in total. The van der Waals surface area contributed by atoms with Gasteiger partial charge in [-0.2, -0.15) is 5.26 Å². The lowest BCUT2D eigenvalue weighted by molar-refractivity contribution is 0.302. The summed E-state index contributed by atoms with van der Waals surface area (Å²) in [6.07, 6.45) is 2.06. The Morgan fingerprint density at radius 3 is 2.56 bits per heavy atom. The van der Waals surface area contributed by atoms with Gasteiger partial charge in [0.15, 0.2) is 0 Å². The van der Waals surface area contributed by atoms with Gasteiger partial charge in [0.05, 0.1) is 22.6 Å². The SMILES string of the molecule is N#Cc1cc(OC2CC2)cc(S(N)(=O)=O)c1. The Balaban J connectivity index is 2.42. The summed E-state index contributed by atoms with van der Waals surface area (Å²) in [5.41, 5.74) is 0.224. The van der Waals surface area contributed by atoms with Crippen LogP contribution in [-0.2, 0) is 10.0 Å². The number of hydrogen-bond acceptors (Lipinski definition) is 4. The van der Waals surface area contributed by atoms with Crippen LogP contribution >= 0.6 is 0 Å². The second kappa shape index (κ2) is 3.77. The van der Waals surface area contributed by atoms with Crippen molar-refractivity contribution in [3.05, 3.63) is 23.8 Å². The molecule has 0 bridgehead atoms. The van der Waals surface area contributed by atoms with Crippen LogP contribution in [0.25, 0.3) is 0 Å². The number of ether oxygens (including phenoxy) is 1. The van der Waals surface area contributed by atoms with Crippen LogP contribution in [0.2, 0.25) is 0 Å². The first-order valence-electron chi connectivity index (χ1n) is 4.74. The van der Waals surface area contributed by atoms with Crippen molar-refractivity contribution < 1.29 is 13.2 Å². The van der Waals surface area contributed by atoms with Crippen LogP contribution in [0.3, 0.4) is 0 Å². The molecule has 0 unspecified atom stereocenters. The van der Waals surface area contributed by atoms with Crippen molar-refractivity contribution in [1.82, 2.24) is 0 Å². The molecular weight excluding hydrogens is 228 g/mol. The summed E-state index contributed by atoms with van der Waals surface area (Å²) in [7, 11) is -3.80. The van der Waals surface area contributed by atoms with Crippen LogP contribution < -0.4 is 9.88 Å². The third kappa shape index (κ3) is 2.51. The lowest BCUT2D eigenvalue weighted by Gasteiger charge is -2.06. The molecule has 6 heteroatoms. The Hall–Kier alpha value is -1.58. The molecule has 0 heterocycles. The fourth-order valence-corrected chi connectivity index (χ4v) is 1.82. The van der Waals surface area contributed by atoms with Crippen LogP contribution in [-0.4, -0.2) is 14.5 Å². The van der Waals surface area contributed by atoms with Gasteiger partial charge in [-0.1, -0.05) is 0 Å². The normalized spacial score (nSPS) is 15.5. The first kappa shape index (κ1) is 10.9. The van der Waals surface area contributed by atoms with Crippen molar-refractivity contribution in [2.75, 3.05) is 0 Å². The van der Waals surface area contributed by atoms with E-state index in [0.29, 0.717) is 5.75 Å². The summed E-state index contributed by atoms with van der Waals surface area (Å²) in [5, 5.41) is 13.8. The maximum Gasteiger partial charge on any atom is 0.238 e. The predicted molar refractivity (Wildman–Crippen MR) is 56.2 cm³/mol. The lowest BCUT2D eigenvalue weighted by Crippen LogP contribution is -2.12. The maximum absolute atomic E-state index is 11.2. The molecule has 0 atom stereocenters. The first-order chi connectivity index (χ1) is 7.49. The van der Waals surface area contributed by atoms with E-state index < -0.39 is 10.0 Å². The molecule has 0 radical (unpaired) electrons. The van der Waals surface area contributed by atoms with Gasteiger partial charge in [-0.25, -0.2) is 13.6 Å². The highest BCUT2D eigenvalue weighted by atomic mass is 32.2. The molecule has 0 aliphatic heterocycles. The molecule has 84 valence electrons. The second-order valence-corrected chi connectivity index (χ2v) is 5.23. The van der Waals surface area contributed by atoms with E-state index in [0.717, 1.165) is 12.8 Å². The number of benzene rings is 1. The van der Waals surface area contributed by atoms with Gasteiger partial charge >= 0.3 is 0 Å². The molecule has 0 saturated heterocycles. The Morgan fingerprint density at radius 2 is 2.06 bits per heavy atom. The van der Waals surface area contributed by atoms with Crippen molar-refractivity contribution in [3.8, 4) is 11.8 Å². The summed E-state index contributed by atoms with van der Waals surface area (Å²) in [6, 6.07) is 5.95. The molecule has 1 aliphatic rings. The number of hydrogen-bond donors (Lipinski definition) is 1. The summed E-state index contributed by atoms with van der Waals surface area (Å²) in [6.45, 7) is 0. The molecule has 1 fully saturated rings. The molecule has 0 aromatic heterocycles. The van der Waals surface area contributed by atoms with Gasteiger partial charge in [-0.15, -0.1) is 0 Å². The summed E-state index contributed by atoms with van der Waals surface area (Å²) in [5.74, 6) is 0.380. The smallest absolute Gasteiger partial charge is 0.238 e. The van der Waals surface area contributed by atoms with Crippen molar-refractivity contribution in [2.24, 2.45) is 5.14 Å². The van der Waals surface area contributed by atoms with Gasteiger partial charge in [0.1, 0.15) is 5.75 Å². The predicted octanol–water partition coefficient (Wildman–Crippen LogP) is 0.747. The van der Waals surface area contributed by atoms with E-state index in [4.69, 9.17) is 15.1 Å². The molecule has 0 amide bonds. The highest BCUT2D eigenvalue weighted by molar-refractivity contribution is 7.89. The fourth-order valence-electron chi connectivity index (χ4n) is 1.25. The zero-order valence-corrected chi connectivity index (χ0v) is 9.20. The van der Waals surface area contributed by atoms with Gasteiger partial charge in [0, 0.05) is 6.07 Å². The third-order valence-corrected chi connectivity index (χ3v) is 3.06. The van der Waals surface area contributed by atoms with E-state index in [1.54, 1.807) is 0 Å². The van der Waals surface area contributed by atoms with E-state index in [1.165, 1.54) is 18.2 Å². The number of sulfonamides is 1. The number of nitrogens with two attached hydrogens (primary N) is 1. The van der Waals surface area contributed by atoms with E-state index >= 15 is 0 Å². The zero-order valence-electron chi connectivity index (χ0n) is 8.38. The van der Waals surface area contributed by atoms with Crippen molar-refractivity contribution >= 4 is 10.0 Å². The molecule has 16 heavy (non-hydrogen) atoms. The van der Waals surface area contributed by atoms with Gasteiger partial charge < -0.3 is 4.74 Å². The van der Waals surface area contributed by atoms with Crippen molar-refractivity contribution in [1.29, 1.82) is 5.26 Å². The molecule has 1 aromatic rings. The van der Waals surface area contributed by atoms with E-state index in [2.05, 4.69) is 0 Å². The van der Waals surface area contributed by atoms with Crippen LogP contribution in [0.4, 0.5) is 0 Å². The van der Waals surface area contributed by atoms with Crippen molar-refractivity contribution in [3.63, 3.8) is 0 Å². The third-order valence-electron chi connectivity index (χ3n) is 2.16. The Labute approximate surface area is 93.5 Å². The summed E-state index contributed by atoms with van der Waals surface area (Å²) in [4.78, 5) is -0.0952. The number of nitrogens with zero attached hydrogens (tertiary/aromatic N) is 1. The van der Waals surface area contributed by atoms with Crippen molar-refractivity contribution in [2.45, 2.75) is 23.8 Å². The lowest BCUT2D eigenvalue weighted by atomic mass is 10.2. The largest absolute Gasteiger partial charge is 0.490 e. The molecule has 0 spiro atoms. The van der Waals surface area contributed by atoms with Crippen LogP contribution in [0.15, 0.2) is 23.1 Å². The summed E-state index contributed by atoms with van der Waals surface area (Å²) >= 11 is 0. The topological polar surface area (TPSA) is 93.2 Å². The van der Waals surface area contributed by atoms with E-state index in [1.807, 2.05) is 6.07 Å². The van der Waals surface area contributed by atoms with Crippen LogP contribution in [0.1, 0.15) is 18.4 Å². The molecule has 1 aliphatic carbocycles. The molecular formula is C10H10N2O3S. The van der Waals surface area contributed by atoms with E-state index in [-0.39, 0.29) is 16.6 Å². The molecule has 1 aromatic carbocycles. The molecule has 2 rings (SSSR count). The van der Waals surface area contributed by atoms with E-state index in [9.17, 15) is 8.42 Å². The Morgan fingerprint density at radius 1 is 1.38 bits per heavy atom. The Bertz CT molecular complexity index is 556. The zero-order chi connectivity index (χ0) is 11.8. The van der Waals surface area contributed by atoms with Gasteiger partial charge in [-0.05, 0) is 25.0 Å².